The molecule has 2 N–H and O–H groups in total. The number of carbonyl (C=O) groups is 2. The second-order valence-electron chi connectivity index (χ2n) is 5.26. The Labute approximate surface area is 125 Å². The monoisotopic (exact) mass is 327 g/mol. The maximum atomic E-state index is 11.2. The van der Waals surface area contributed by atoms with Gasteiger partial charge in [0.2, 0.25) is 0 Å². The topological polar surface area (TPSA) is 63.4 Å². The van der Waals surface area contributed by atoms with E-state index in [-0.39, 0.29) is 33.4 Å². The van der Waals surface area contributed by atoms with Gasteiger partial charge < -0.3 is 45.5 Å². The van der Waals surface area contributed by atoms with Crippen LogP contribution in [0.15, 0.2) is 0 Å². The molecule has 7 heteroatoms. The number of rotatable bonds is 0. The van der Waals surface area contributed by atoms with Crippen molar-refractivity contribution in [2.45, 2.75) is 52.6 Å². The summed E-state index contributed by atoms with van der Waals surface area (Å²) in [5, 5.41) is -1.03. The van der Waals surface area contributed by atoms with E-state index in [4.69, 9.17) is 4.79 Å². The molecule has 105 valence electrons. The zero-order valence-corrected chi connectivity index (χ0v) is 13.5. The van der Waals surface area contributed by atoms with Crippen molar-refractivity contribution < 1.29 is 26.7 Å². The molecule has 0 atom stereocenters. The molecular formula is C10H20CuN2O2S2. The smallest absolute Gasteiger partial charge is 0.719 e. The molecule has 0 spiro atoms. The summed E-state index contributed by atoms with van der Waals surface area (Å²) in [6, 6.07) is 0. The predicted octanol–water partition coefficient (Wildman–Crippen LogP) is 2.16. The molecule has 0 aromatic carbocycles. The van der Waals surface area contributed by atoms with Crippen LogP contribution in [0.2, 0.25) is 0 Å². The molecule has 0 bridgehead atoms. The minimum absolute atomic E-state index is 0. The summed E-state index contributed by atoms with van der Waals surface area (Å²) >= 11 is 8.44. The molecule has 1 radical (unpaired) electrons. The summed E-state index contributed by atoms with van der Waals surface area (Å²) < 4.78 is 0. The van der Waals surface area contributed by atoms with Crippen LogP contribution >= 0.6 is 0 Å². The maximum absolute atomic E-state index is 11.2. The fourth-order valence-electron chi connectivity index (χ4n) is 1.55. The van der Waals surface area contributed by atoms with Gasteiger partial charge in [-0.2, -0.15) is 0 Å². The van der Waals surface area contributed by atoms with Gasteiger partial charge in [0.15, 0.2) is 0 Å². The van der Waals surface area contributed by atoms with Crippen LogP contribution in [0.4, 0.5) is 9.59 Å². The van der Waals surface area contributed by atoms with E-state index in [0.29, 0.717) is 0 Å². The average Bonchev–Trinajstić information content (AvgIpc) is 1.73. The Bertz CT molecular complexity index is 242. The van der Waals surface area contributed by atoms with Gasteiger partial charge in [0, 0.05) is 11.1 Å². The van der Waals surface area contributed by atoms with Crippen molar-refractivity contribution >= 4 is 35.7 Å². The molecule has 4 nitrogen and oxygen atoms in total. The number of carbonyl (C=O) groups excluding carboxylic acids is 2. The Balaban J connectivity index is -0.000000340. The van der Waals surface area contributed by atoms with Gasteiger partial charge in [-0.05, 0) is 41.5 Å². The van der Waals surface area contributed by atoms with Gasteiger partial charge in [0.05, 0.1) is 5.24 Å². The first-order valence-corrected chi connectivity index (χ1v) is 5.59. The second kappa shape index (κ2) is 8.08. The Hall–Kier alpha value is -0.101. The Morgan fingerprint density at radius 3 is 1.12 bits per heavy atom. The third kappa shape index (κ3) is 12.2. The summed E-state index contributed by atoms with van der Waals surface area (Å²) in [5.74, 6) is 0. The third-order valence-corrected chi connectivity index (χ3v) is 1.71. The number of primary amides is 1. The second-order valence-corrected chi connectivity index (χ2v) is 6.01. The number of nitrogens with zero attached hydrogens (tertiary/aromatic N) is 1. The summed E-state index contributed by atoms with van der Waals surface area (Å²) in [6.07, 6.45) is 0. The van der Waals surface area contributed by atoms with E-state index in [1.54, 1.807) is 4.90 Å². The quantitative estimate of drug-likeness (QED) is 0.547. The minimum Gasteiger partial charge on any atom is -0.719 e. The molecule has 0 fully saturated rings. The molecule has 0 unspecified atom stereocenters. The van der Waals surface area contributed by atoms with Gasteiger partial charge in [-0.3, -0.25) is 0 Å². The Morgan fingerprint density at radius 2 is 1.12 bits per heavy atom. The van der Waals surface area contributed by atoms with E-state index in [1.165, 1.54) is 0 Å². The molecule has 0 aromatic rings. The summed E-state index contributed by atoms with van der Waals surface area (Å²) in [7, 11) is 0. The van der Waals surface area contributed by atoms with Crippen LogP contribution in [0.3, 0.4) is 0 Å². The number of hydrogen-bond acceptors (Lipinski definition) is 4. The van der Waals surface area contributed by atoms with Crippen LogP contribution in [0.25, 0.3) is 0 Å². The Kier molecular flexibility index (Phi) is 10.5. The molecular weight excluding hydrogens is 308 g/mol. The zero-order valence-electron chi connectivity index (χ0n) is 11.0. The van der Waals surface area contributed by atoms with Crippen LogP contribution < -0.4 is 5.73 Å². The summed E-state index contributed by atoms with van der Waals surface area (Å²) in [5.41, 5.74) is 3.89. The minimum atomic E-state index is -0.750. The van der Waals surface area contributed by atoms with E-state index in [1.807, 2.05) is 41.5 Å². The van der Waals surface area contributed by atoms with Crippen LogP contribution in [0, 0.1) is 0 Å². The molecule has 0 rings (SSSR count). The fourth-order valence-corrected chi connectivity index (χ4v) is 2.10. The first-order valence-electron chi connectivity index (χ1n) is 4.78. The molecule has 17 heavy (non-hydrogen) atoms. The first-order chi connectivity index (χ1) is 6.80. The van der Waals surface area contributed by atoms with Crippen LogP contribution in [0.5, 0.6) is 0 Å². The van der Waals surface area contributed by atoms with Crippen molar-refractivity contribution in [2.75, 3.05) is 0 Å². The standard InChI is InChI=1S/C9H19NOS.CH3NOS.Cu/c1-8(2,3)10(7(11)12)9(4,5)6;2-1(3)4;/h1-6H3,(H,11,12);(H3,2,3,4);/q;;+2/p-2. The van der Waals surface area contributed by atoms with Gasteiger partial charge >= 0.3 is 17.1 Å². The molecule has 0 heterocycles. The number of amides is 2. The molecule has 2 amide bonds. The zero-order chi connectivity index (χ0) is 13.7. The van der Waals surface area contributed by atoms with Gasteiger partial charge in [0.25, 0.3) is 0 Å². The number of nitrogens with two attached hydrogens (primary N) is 1. The van der Waals surface area contributed by atoms with E-state index >= 15 is 0 Å². The van der Waals surface area contributed by atoms with Crippen molar-refractivity contribution in [3.8, 4) is 0 Å². The van der Waals surface area contributed by atoms with Crippen molar-refractivity contribution in [2.24, 2.45) is 5.73 Å². The van der Waals surface area contributed by atoms with Crippen molar-refractivity contribution in [1.29, 1.82) is 0 Å². The molecule has 0 aliphatic rings. The van der Waals surface area contributed by atoms with Crippen molar-refractivity contribution in [1.82, 2.24) is 4.90 Å². The molecule has 0 saturated carbocycles. The van der Waals surface area contributed by atoms with Gasteiger partial charge in [0.1, 0.15) is 5.24 Å². The van der Waals surface area contributed by atoms with Crippen LogP contribution in [-0.2, 0) is 42.3 Å². The summed E-state index contributed by atoms with van der Waals surface area (Å²) in [6.45, 7) is 11.9. The largest absolute Gasteiger partial charge is 2.00 e. The van der Waals surface area contributed by atoms with E-state index < -0.39 is 5.24 Å². The maximum Gasteiger partial charge on any atom is 2.00 e. The van der Waals surface area contributed by atoms with Gasteiger partial charge in [-0.15, -0.1) is 0 Å². The third-order valence-electron chi connectivity index (χ3n) is 1.52. The predicted molar refractivity (Wildman–Crippen MR) is 71.1 cm³/mol. The Morgan fingerprint density at radius 1 is 0.941 bits per heavy atom. The fraction of sp³-hybridized carbons (Fsp3) is 0.800. The molecule has 0 aliphatic carbocycles. The van der Waals surface area contributed by atoms with Gasteiger partial charge in [-0.1, -0.05) is 0 Å². The first kappa shape index (κ1) is 22.1. The summed E-state index contributed by atoms with van der Waals surface area (Å²) in [4.78, 5) is 21.9. The number of hydrogen-bond donors (Lipinski definition) is 1. The van der Waals surface area contributed by atoms with E-state index in [2.05, 4.69) is 31.0 Å². The van der Waals surface area contributed by atoms with Crippen molar-refractivity contribution in [3.63, 3.8) is 0 Å². The molecule has 0 aromatic heterocycles. The molecule has 0 saturated heterocycles. The van der Waals surface area contributed by atoms with E-state index in [0.717, 1.165) is 0 Å². The molecule has 0 aliphatic heterocycles. The van der Waals surface area contributed by atoms with Crippen LogP contribution in [0.1, 0.15) is 41.5 Å². The van der Waals surface area contributed by atoms with Crippen molar-refractivity contribution in [3.05, 3.63) is 0 Å². The normalized spacial score (nSPS) is 10.5. The van der Waals surface area contributed by atoms with Crippen LogP contribution in [-0.4, -0.2) is 26.5 Å². The van der Waals surface area contributed by atoms with Gasteiger partial charge in [-0.25, -0.2) is 0 Å². The SMILES string of the molecule is CC(C)(C)N(C(=O)[S-])C(C)(C)C.NC(=O)[S-].[Cu+2]. The average molecular weight is 328 g/mol. The van der Waals surface area contributed by atoms with E-state index in [9.17, 15) is 4.79 Å².